The minimum absolute atomic E-state index is 0.00440. The van der Waals surface area contributed by atoms with Crippen LogP contribution in [0.4, 0.5) is 4.79 Å². The third-order valence-corrected chi connectivity index (χ3v) is 2.00. The Balaban J connectivity index is 2.78. The Kier molecular flexibility index (Phi) is 3.12. The molecule has 1 aliphatic rings. The van der Waals surface area contributed by atoms with Crippen molar-refractivity contribution >= 4 is 34.4 Å². The first kappa shape index (κ1) is 9.55. The van der Waals surface area contributed by atoms with Gasteiger partial charge in [0, 0.05) is 24.4 Å². The Bertz CT molecular complexity index is 257. The summed E-state index contributed by atoms with van der Waals surface area (Å²) in [5.74, 6) is -0.0104. The molecule has 0 heterocycles. The molecule has 0 spiro atoms. The number of allylic oxidation sites excluding steroid dienone is 2. The first-order chi connectivity index (χ1) is 5.61. The number of ketones is 1. The molecule has 5 heteroatoms. The van der Waals surface area contributed by atoms with Crippen LogP contribution in [0.3, 0.4) is 0 Å². The Morgan fingerprint density at radius 2 is 2.08 bits per heavy atom. The lowest BCUT2D eigenvalue weighted by Gasteiger charge is -2.12. The second kappa shape index (κ2) is 3.92. The summed E-state index contributed by atoms with van der Waals surface area (Å²) in [6.45, 7) is 0. The van der Waals surface area contributed by atoms with Gasteiger partial charge in [0.1, 0.15) is 10.8 Å². The number of hydrogen-bond acceptors (Lipinski definition) is 3. The van der Waals surface area contributed by atoms with E-state index in [1.165, 1.54) is 0 Å². The van der Waals surface area contributed by atoms with Gasteiger partial charge in [0.2, 0.25) is 0 Å². The molecule has 0 fully saturated rings. The van der Waals surface area contributed by atoms with Crippen LogP contribution in [0, 0.1) is 0 Å². The summed E-state index contributed by atoms with van der Waals surface area (Å²) in [6.07, 6.45) is 1.54. The van der Waals surface area contributed by atoms with Crippen molar-refractivity contribution in [3.05, 3.63) is 10.8 Å². The summed E-state index contributed by atoms with van der Waals surface area (Å²) in [4.78, 5) is 21.3. The average Bonchev–Trinajstić information content (AvgIpc) is 1.98. The van der Waals surface area contributed by atoms with Crippen LogP contribution in [0.15, 0.2) is 10.8 Å². The lowest BCUT2D eigenvalue weighted by molar-refractivity contribution is -0.115. The van der Waals surface area contributed by atoms with Gasteiger partial charge in [-0.15, -0.1) is 0 Å². The Labute approximate surface area is 79.3 Å². The molecule has 3 nitrogen and oxygen atoms in total. The molecule has 0 bridgehead atoms. The lowest BCUT2D eigenvalue weighted by atomic mass is 10.1. The van der Waals surface area contributed by atoms with Crippen LogP contribution in [-0.2, 0) is 9.53 Å². The average molecular weight is 209 g/mol. The highest BCUT2D eigenvalue weighted by Crippen LogP contribution is 2.25. The smallest absolute Gasteiger partial charge is 0.408 e. The van der Waals surface area contributed by atoms with E-state index in [2.05, 4.69) is 4.74 Å². The van der Waals surface area contributed by atoms with Crippen LogP contribution in [0.2, 0.25) is 0 Å². The molecular weight excluding hydrogens is 203 g/mol. The Morgan fingerprint density at radius 1 is 1.42 bits per heavy atom. The second-order valence-corrected chi connectivity index (χ2v) is 3.04. The lowest BCUT2D eigenvalue weighted by Crippen LogP contribution is -2.10. The molecule has 66 valence electrons. The predicted molar refractivity (Wildman–Crippen MR) is 44.1 cm³/mol. The molecule has 0 amide bonds. The van der Waals surface area contributed by atoms with Gasteiger partial charge in [-0.3, -0.25) is 4.79 Å². The summed E-state index contributed by atoms with van der Waals surface area (Å²) in [6, 6.07) is 0. The number of carbonyl (C=O) groups is 2. The maximum absolute atomic E-state index is 11.0. The van der Waals surface area contributed by atoms with Crippen LogP contribution < -0.4 is 0 Å². The third kappa shape index (κ3) is 2.22. The standard InChI is InChI=1S/C7H6Cl2O3/c8-6-4(10)2-1-3-5(6)12-7(9)11/h1-3H2. The Morgan fingerprint density at radius 3 is 2.67 bits per heavy atom. The van der Waals surface area contributed by atoms with Gasteiger partial charge in [-0.25, -0.2) is 4.79 Å². The minimum atomic E-state index is -0.960. The number of hydrogen-bond donors (Lipinski definition) is 0. The van der Waals surface area contributed by atoms with Gasteiger partial charge in [0.15, 0.2) is 5.78 Å². The van der Waals surface area contributed by atoms with E-state index in [1.807, 2.05) is 0 Å². The molecule has 0 aromatic rings. The fourth-order valence-corrected chi connectivity index (χ4v) is 1.30. The molecule has 1 rings (SSSR count). The van der Waals surface area contributed by atoms with Crippen molar-refractivity contribution in [1.29, 1.82) is 0 Å². The van der Waals surface area contributed by atoms with Crippen LogP contribution in [0.1, 0.15) is 19.3 Å². The van der Waals surface area contributed by atoms with E-state index in [0.717, 1.165) is 0 Å². The molecule has 0 atom stereocenters. The Hall–Kier alpha value is -0.540. The highest BCUT2D eigenvalue weighted by atomic mass is 35.5. The van der Waals surface area contributed by atoms with Crippen molar-refractivity contribution < 1.29 is 14.3 Å². The van der Waals surface area contributed by atoms with E-state index in [4.69, 9.17) is 23.2 Å². The van der Waals surface area contributed by atoms with Crippen LogP contribution in [-0.4, -0.2) is 11.2 Å². The maximum atomic E-state index is 11.0. The largest absolute Gasteiger partial charge is 0.417 e. The molecule has 0 aromatic heterocycles. The summed E-state index contributed by atoms with van der Waals surface area (Å²) in [5.41, 5.74) is -0.960. The van der Waals surface area contributed by atoms with Crippen molar-refractivity contribution in [2.75, 3.05) is 0 Å². The fourth-order valence-electron chi connectivity index (χ4n) is 0.977. The van der Waals surface area contributed by atoms with Gasteiger partial charge in [-0.2, -0.15) is 0 Å². The highest BCUT2D eigenvalue weighted by molar-refractivity contribution is 6.61. The molecule has 12 heavy (non-hydrogen) atoms. The van der Waals surface area contributed by atoms with Crippen molar-refractivity contribution in [3.8, 4) is 0 Å². The van der Waals surface area contributed by atoms with Crippen molar-refractivity contribution in [2.45, 2.75) is 19.3 Å². The summed E-state index contributed by atoms with van der Waals surface area (Å²) >= 11 is 10.5. The van der Waals surface area contributed by atoms with Crippen LogP contribution >= 0.6 is 23.2 Å². The quantitative estimate of drug-likeness (QED) is 0.623. The van der Waals surface area contributed by atoms with Gasteiger partial charge in [0.25, 0.3) is 0 Å². The van der Waals surface area contributed by atoms with Gasteiger partial charge in [-0.1, -0.05) is 11.6 Å². The highest BCUT2D eigenvalue weighted by Gasteiger charge is 2.21. The molecular formula is C7H6Cl2O3. The first-order valence-electron chi connectivity index (χ1n) is 3.40. The van der Waals surface area contributed by atoms with Crippen molar-refractivity contribution in [2.24, 2.45) is 0 Å². The molecule has 0 saturated carbocycles. The van der Waals surface area contributed by atoms with Crippen LogP contribution in [0.25, 0.3) is 0 Å². The number of halogens is 2. The van der Waals surface area contributed by atoms with E-state index in [1.54, 1.807) is 0 Å². The number of ether oxygens (including phenoxy) is 1. The second-order valence-electron chi connectivity index (χ2n) is 2.35. The SMILES string of the molecule is O=C(Cl)OC1=C(Cl)C(=O)CCC1. The summed E-state index contributed by atoms with van der Waals surface area (Å²) in [5, 5.41) is -0.00440. The summed E-state index contributed by atoms with van der Waals surface area (Å²) in [7, 11) is 0. The first-order valence-corrected chi connectivity index (χ1v) is 4.16. The number of Topliss-reactive ketones (excluding diaryl/α,β-unsaturated/α-hetero) is 1. The number of rotatable bonds is 1. The number of carbonyl (C=O) groups excluding carboxylic acids is 2. The zero-order valence-electron chi connectivity index (χ0n) is 6.10. The normalized spacial score (nSPS) is 18.0. The van der Waals surface area contributed by atoms with E-state index >= 15 is 0 Å². The maximum Gasteiger partial charge on any atom is 0.408 e. The van der Waals surface area contributed by atoms with Crippen molar-refractivity contribution in [1.82, 2.24) is 0 Å². The van der Waals surface area contributed by atoms with E-state index in [0.29, 0.717) is 19.3 Å². The molecule has 1 aliphatic carbocycles. The van der Waals surface area contributed by atoms with Gasteiger partial charge >= 0.3 is 5.43 Å². The van der Waals surface area contributed by atoms with Crippen molar-refractivity contribution in [3.63, 3.8) is 0 Å². The van der Waals surface area contributed by atoms with E-state index in [-0.39, 0.29) is 16.6 Å². The van der Waals surface area contributed by atoms with Gasteiger partial charge in [-0.05, 0) is 6.42 Å². The van der Waals surface area contributed by atoms with Gasteiger partial charge in [0.05, 0.1) is 0 Å². The molecule has 0 radical (unpaired) electrons. The van der Waals surface area contributed by atoms with E-state index < -0.39 is 5.43 Å². The molecule has 0 N–H and O–H groups in total. The van der Waals surface area contributed by atoms with E-state index in [9.17, 15) is 9.59 Å². The monoisotopic (exact) mass is 208 g/mol. The zero-order valence-corrected chi connectivity index (χ0v) is 7.61. The predicted octanol–water partition coefficient (Wildman–Crippen LogP) is 2.57. The van der Waals surface area contributed by atoms with Gasteiger partial charge < -0.3 is 4.74 Å². The topological polar surface area (TPSA) is 43.4 Å². The third-order valence-electron chi connectivity index (χ3n) is 1.50. The molecule has 0 unspecified atom stereocenters. The molecule has 0 aliphatic heterocycles. The minimum Gasteiger partial charge on any atom is -0.417 e. The zero-order chi connectivity index (χ0) is 9.14. The molecule has 0 saturated heterocycles. The van der Waals surface area contributed by atoms with Crippen LogP contribution in [0.5, 0.6) is 0 Å². The summed E-state index contributed by atoms with van der Waals surface area (Å²) < 4.78 is 4.53. The molecule has 0 aromatic carbocycles. The fraction of sp³-hybridized carbons (Fsp3) is 0.429.